The Kier molecular flexibility index (Phi) is 6.89. The van der Waals surface area contributed by atoms with Crippen molar-refractivity contribution in [3.8, 4) is 16.9 Å². The van der Waals surface area contributed by atoms with E-state index >= 15 is 0 Å². The lowest BCUT2D eigenvalue weighted by Crippen LogP contribution is -2.21. The molecule has 5 nitrogen and oxygen atoms in total. The average molecular weight is 492 g/mol. The minimum Gasteiger partial charge on any atom is -0.484 e. The summed E-state index contributed by atoms with van der Waals surface area (Å²) in [5.41, 5.74) is 2.48. The average Bonchev–Trinajstić information content (AvgIpc) is 3.04. The van der Waals surface area contributed by atoms with E-state index < -0.39 is 11.9 Å². The molecule has 0 saturated heterocycles. The van der Waals surface area contributed by atoms with E-state index in [1.807, 2.05) is 26.0 Å². The van der Waals surface area contributed by atoms with Crippen LogP contribution in [0.4, 0.5) is 9.39 Å². The monoisotopic (exact) mass is 491 g/mol. The van der Waals surface area contributed by atoms with E-state index in [1.54, 1.807) is 18.2 Å². The summed E-state index contributed by atoms with van der Waals surface area (Å²) in [4.78, 5) is 25.7. The Bertz CT molecular complexity index is 1100. The molecule has 0 atom stereocenters. The number of hydrogen-bond donors (Lipinski definition) is 1. The summed E-state index contributed by atoms with van der Waals surface area (Å²) < 4.78 is 24.7. The van der Waals surface area contributed by atoms with E-state index in [4.69, 9.17) is 9.47 Å². The number of carbonyl (C=O) groups excluding carboxylic acids is 2. The van der Waals surface area contributed by atoms with Gasteiger partial charge in [-0.1, -0.05) is 28.1 Å². The van der Waals surface area contributed by atoms with Crippen LogP contribution in [0.25, 0.3) is 11.1 Å². The molecule has 0 saturated carbocycles. The third-order valence-corrected chi connectivity index (χ3v) is 6.27. The zero-order valence-electron chi connectivity index (χ0n) is 16.5. The van der Waals surface area contributed by atoms with Gasteiger partial charge in [0.05, 0.1) is 7.11 Å². The Labute approximate surface area is 186 Å². The second kappa shape index (κ2) is 9.40. The number of halogens is 2. The minimum atomic E-state index is -0.585. The number of rotatable bonds is 6. The first kappa shape index (κ1) is 22.0. The highest BCUT2D eigenvalue weighted by Crippen LogP contribution is 2.40. The second-order valence-electron chi connectivity index (χ2n) is 6.48. The molecule has 0 fully saturated rings. The molecule has 8 heteroatoms. The number of benzene rings is 2. The van der Waals surface area contributed by atoms with Crippen molar-refractivity contribution >= 4 is 44.1 Å². The van der Waals surface area contributed by atoms with Gasteiger partial charge in [-0.05, 0) is 55.3 Å². The predicted octanol–water partition coefficient (Wildman–Crippen LogP) is 5.74. The molecule has 1 aromatic heterocycles. The lowest BCUT2D eigenvalue weighted by molar-refractivity contribution is -0.118. The predicted molar refractivity (Wildman–Crippen MR) is 119 cm³/mol. The number of nitrogens with one attached hydrogen (secondary N) is 1. The summed E-state index contributed by atoms with van der Waals surface area (Å²) in [6.07, 6.45) is 0. The van der Waals surface area contributed by atoms with E-state index in [1.165, 1.54) is 30.6 Å². The van der Waals surface area contributed by atoms with E-state index in [9.17, 15) is 14.0 Å². The van der Waals surface area contributed by atoms with Crippen LogP contribution in [0.1, 0.15) is 20.8 Å². The SMILES string of the molecule is COC(=O)c1c(NC(=O)COc2ccc(Br)c(C)c2)sc(C)c1-c1ccc(F)cc1. The van der Waals surface area contributed by atoms with Crippen LogP contribution in [-0.2, 0) is 9.53 Å². The van der Waals surface area contributed by atoms with Gasteiger partial charge in [0.1, 0.15) is 22.1 Å². The van der Waals surface area contributed by atoms with Crippen molar-refractivity contribution in [3.63, 3.8) is 0 Å². The van der Waals surface area contributed by atoms with E-state index in [-0.39, 0.29) is 18.0 Å². The summed E-state index contributed by atoms with van der Waals surface area (Å²) in [6, 6.07) is 11.2. The van der Waals surface area contributed by atoms with Gasteiger partial charge in [0, 0.05) is 14.9 Å². The third kappa shape index (κ3) is 4.88. The fourth-order valence-electron chi connectivity index (χ4n) is 2.91. The Morgan fingerprint density at radius 3 is 2.47 bits per heavy atom. The number of methoxy groups -OCH3 is 1. The van der Waals surface area contributed by atoms with Crippen molar-refractivity contribution in [2.24, 2.45) is 0 Å². The molecule has 0 aliphatic heterocycles. The van der Waals surface area contributed by atoms with Crippen LogP contribution in [0, 0.1) is 19.7 Å². The number of hydrogen-bond acceptors (Lipinski definition) is 5. The van der Waals surface area contributed by atoms with Crippen molar-refractivity contribution in [1.82, 2.24) is 0 Å². The molecule has 0 aliphatic carbocycles. The van der Waals surface area contributed by atoms with Crippen LogP contribution in [0.2, 0.25) is 0 Å². The fraction of sp³-hybridized carbons (Fsp3) is 0.182. The summed E-state index contributed by atoms with van der Waals surface area (Å²) in [7, 11) is 1.27. The summed E-state index contributed by atoms with van der Waals surface area (Å²) in [5.74, 6) is -0.806. The van der Waals surface area contributed by atoms with Gasteiger partial charge in [-0.2, -0.15) is 0 Å². The number of aryl methyl sites for hydroxylation is 2. The molecule has 0 bridgehead atoms. The van der Waals surface area contributed by atoms with Crippen LogP contribution in [0.15, 0.2) is 46.9 Å². The Balaban J connectivity index is 1.83. The maximum Gasteiger partial charge on any atom is 0.341 e. The van der Waals surface area contributed by atoms with Crippen LogP contribution < -0.4 is 10.1 Å². The van der Waals surface area contributed by atoms with E-state index in [0.29, 0.717) is 21.9 Å². The van der Waals surface area contributed by atoms with Crippen LogP contribution in [-0.4, -0.2) is 25.6 Å². The van der Waals surface area contributed by atoms with Gasteiger partial charge in [0.2, 0.25) is 0 Å². The van der Waals surface area contributed by atoms with Crippen molar-refractivity contribution in [1.29, 1.82) is 0 Å². The highest BCUT2D eigenvalue weighted by atomic mass is 79.9. The van der Waals surface area contributed by atoms with Crippen LogP contribution in [0.5, 0.6) is 5.75 Å². The molecule has 0 unspecified atom stereocenters. The number of carbonyl (C=O) groups is 2. The van der Waals surface area contributed by atoms with E-state index in [2.05, 4.69) is 21.2 Å². The first-order chi connectivity index (χ1) is 14.3. The van der Waals surface area contributed by atoms with Gasteiger partial charge in [-0.3, -0.25) is 4.79 Å². The largest absolute Gasteiger partial charge is 0.484 e. The summed E-state index contributed by atoms with van der Waals surface area (Å²) >= 11 is 4.67. The van der Waals surface area contributed by atoms with E-state index in [0.717, 1.165) is 14.9 Å². The van der Waals surface area contributed by atoms with Gasteiger partial charge in [-0.15, -0.1) is 11.3 Å². The van der Waals surface area contributed by atoms with Crippen molar-refractivity contribution in [2.45, 2.75) is 13.8 Å². The van der Waals surface area contributed by atoms with Gasteiger partial charge in [0.15, 0.2) is 6.61 Å². The lowest BCUT2D eigenvalue weighted by atomic mass is 10.0. The quantitative estimate of drug-likeness (QED) is 0.446. The van der Waals surface area contributed by atoms with Gasteiger partial charge < -0.3 is 14.8 Å². The first-order valence-electron chi connectivity index (χ1n) is 8.96. The molecular formula is C22H19BrFNO4S. The van der Waals surface area contributed by atoms with Crippen molar-refractivity contribution < 1.29 is 23.5 Å². The number of ether oxygens (including phenoxy) is 2. The van der Waals surface area contributed by atoms with Crippen molar-refractivity contribution in [3.05, 3.63) is 68.8 Å². The highest BCUT2D eigenvalue weighted by molar-refractivity contribution is 9.10. The maximum absolute atomic E-state index is 13.3. The zero-order valence-corrected chi connectivity index (χ0v) is 18.9. The van der Waals surface area contributed by atoms with Crippen LogP contribution >= 0.6 is 27.3 Å². The molecule has 0 aliphatic rings. The normalized spacial score (nSPS) is 10.6. The minimum absolute atomic E-state index is 0.218. The van der Waals surface area contributed by atoms with Crippen LogP contribution in [0.3, 0.4) is 0 Å². The number of amides is 1. The third-order valence-electron chi connectivity index (χ3n) is 4.36. The molecular weight excluding hydrogens is 473 g/mol. The highest BCUT2D eigenvalue weighted by Gasteiger charge is 2.25. The number of thiophene rings is 1. The second-order valence-corrected chi connectivity index (χ2v) is 8.56. The summed E-state index contributed by atoms with van der Waals surface area (Å²) in [5, 5.41) is 3.10. The number of esters is 1. The molecule has 0 spiro atoms. The molecule has 1 N–H and O–H groups in total. The zero-order chi connectivity index (χ0) is 21.8. The van der Waals surface area contributed by atoms with Gasteiger partial charge in [-0.25, -0.2) is 9.18 Å². The molecule has 3 rings (SSSR count). The number of anilines is 1. The summed E-state index contributed by atoms with van der Waals surface area (Å²) in [6.45, 7) is 3.53. The topological polar surface area (TPSA) is 64.6 Å². The maximum atomic E-state index is 13.3. The molecule has 0 radical (unpaired) electrons. The first-order valence-corrected chi connectivity index (χ1v) is 10.6. The Morgan fingerprint density at radius 1 is 1.13 bits per heavy atom. The standard InChI is InChI=1S/C22H19BrFNO4S/c1-12-10-16(8-9-17(12)23)29-11-18(26)25-21-20(22(27)28-3)19(13(2)30-21)14-4-6-15(24)7-5-14/h4-10H,11H2,1-3H3,(H,25,26). The molecule has 2 aromatic carbocycles. The molecule has 1 amide bonds. The van der Waals surface area contributed by atoms with Crippen molar-refractivity contribution in [2.75, 3.05) is 19.0 Å². The molecule has 1 heterocycles. The smallest absolute Gasteiger partial charge is 0.341 e. The molecule has 30 heavy (non-hydrogen) atoms. The van der Waals surface area contributed by atoms with Gasteiger partial charge >= 0.3 is 5.97 Å². The Hall–Kier alpha value is -2.71. The van der Waals surface area contributed by atoms with Gasteiger partial charge in [0.25, 0.3) is 5.91 Å². The molecule has 156 valence electrons. The fourth-order valence-corrected chi connectivity index (χ4v) is 4.24. The lowest BCUT2D eigenvalue weighted by Gasteiger charge is -2.10. The Morgan fingerprint density at radius 2 is 1.83 bits per heavy atom. The molecule has 3 aromatic rings.